The van der Waals surface area contributed by atoms with Crippen LogP contribution in [0, 0.1) is 0 Å². The van der Waals surface area contributed by atoms with Gasteiger partial charge in [0.2, 0.25) is 0 Å². The van der Waals surface area contributed by atoms with E-state index in [0.717, 1.165) is 0 Å². The van der Waals surface area contributed by atoms with Crippen molar-refractivity contribution in [2.24, 2.45) is 0 Å². The predicted molar refractivity (Wildman–Crippen MR) is 80.3 cm³/mol. The number of hydrogen-bond donors (Lipinski definition) is 1. The molecule has 1 spiro atoms. The maximum absolute atomic E-state index is 12.3. The third-order valence-electron chi connectivity index (χ3n) is 3.69. The van der Waals surface area contributed by atoms with Crippen molar-refractivity contribution in [1.82, 2.24) is 10.2 Å². The monoisotopic (exact) mass is 344 g/mol. The van der Waals surface area contributed by atoms with Gasteiger partial charge in [0.1, 0.15) is 5.75 Å². The van der Waals surface area contributed by atoms with Gasteiger partial charge in [0.15, 0.2) is 11.7 Å². The first-order chi connectivity index (χ1) is 10.4. The molecule has 2 saturated heterocycles. The van der Waals surface area contributed by atoms with Gasteiger partial charge in [-0.1, -0.05) is 23.2 Å². The maximum atomic E-state index is 12.3. The molecule has 2 amide bonds. The van der Waals surface area contributed by atoms with E-state index in [1.54, 1.807) is 30.0 Å². The molecule has 1 unspecified atom stereocenters. The molecule has 2 aliphatic heterocycles. The topological polar surface area (TPSA) is 67.9 Å². The highest BCUT2D eigenvalue weighted by atomic mass is 35.5. The summed E-state index contributed by atoms with van der Waals surface area (Å²) < 4.78 is 10.8. The van der Waals surface area contributed by atoms with E-state index in [0.29, 0.717) is 35.4 Å². The third-order valence-corrected chi connectivity index (χ3v) is 4.42. The molecule has 3 rings (SSSR count). The van der Waals surface area contributed by atoms with Crippen molar-refractivity contribution in [3.63, 3.8) is 0 Å². The number of amides is 2. The summed E-state index contributed by atoms with van der Waals surface area (Å²) >= 11 is 11.7. The van der Waals surface area contributed by atoms with Crippen LogP contribution < -0.4 is 10.1 Å². The highest BCUT2D eigenvalue weighted by molar-refractivity contribution is 6.42. The van der Waals surface area contributed by atoms with Crippen LogP contribution in [0.2, 0.25) is 10.0 Å². The standard InChI is InChI=1S/C14H14Cl2N2O4/c1-8(21-9-2-3-10(15)11(16)4-9)12(19)18-6-14(7-18)5-17-13(20)22-14/h2-4,8H,5-7H2,1H3,(H,17,20). The molecular weight excluding hydrogens is 331 g/mol. The first kappa shape index (κ1) is 15.2. The molecule has 0 radical (unpaired) electrons. The number of ether oxygens (including phenoxy) is 2. The minimum absolute atomic E-state index is 0.167. The van der Waals surface area contributed by atoms with E-state index in [2.05, 4.69) is 5.32 Å². The fourth-order valence-corrected chi connectivity index (χ4v) is 2.83. The predicted octanol–water partition coefficient (Wildman–Crippen LogP) is 2.08. The summed E-state index contributed by atoms with van der Waals surface area (Å²) in [5.41, 5.74) is -0.573. The fourth-order valence-electron chi connectivity index (χ4n) is 2.55. The normalized spacial score (nSPS) is 20.1. The van der Waals surface area contributed by atoms with Crippen molar-refractivity contribution >= 4 is 35.2 Å². The van der Waals surface area contributed by atoms with Crippen LogP contribution in [0.4, 0.5) is 4.79 Å². The summed E-state index contributed by atoms with van der Waals surface area (Å²) in [6, 6.07) is 4.82. The van der Waals surface area contributed by atoms with Crippen LogP contribution in [0.3, 0.4) is 0 Å². The molecule has 0 aliphatic carbocycles. The average molecular weight is 345 g/mol. The average Bonchev–Trinajstić information content (AvgIpc) is 2.83. The van der Waals surface area contributed by atoms with E-state index >= 15 is 0 Å². The first-order valence-electron chi connectivity index (χ1n) is 6.76. The van der Waals surface area contributed by atoms with E-state index < -0.39 is 17.8 Å². The van der Waals surface area contributed by atoms with E-state index in [-0.39, 0.29) is 5.91 Å². The second-order valence-corrected chi connectivity index (χ2v) is 6.27. The Morgan fingerprint density at radius 1 is 1.41 bits per heavy atom. The van der Waals surface area contributed by atoms with Gasteiger partial charge in [0.25, 0.3) is 5.91 Å². The van der Waals surface area contributed by atoms with Crippen molar-refractivity contribution in [1.29, 1.82) is 0 Å². The van der Waals surface area contributed by atoms with Gasteiger partial charge in [-0.25, -0.2) is 4.79 Å². The van der Waals surface area contributed by atoms with Gasteiger partial charge < -0.3 is 19.7 Å². The number of carbonyl (C=O) groups is 2. The number of likely N-dealkylation sites (tertiary alicyclic amines) is 1. The highest BCUT2D eigenvalue weighted by Crippen LogP contribution is 2.30. The first-order valence-corrected chi connectivity index (χ1v) is 7.51. The molecule has 0 saturated carbocycles. The molecular formula is C14H14Cl2N2O4. The van der Waals surface area contributed by atoms with Gasteiger partial charge in [-0.05, 0) is 19.1 Å². The van der Waals surface area contributed by atoms with Gasteiger partial charge in [0, 0.05) is 6.07 Å². The Morgan fingerprint density at radius 2 is 2.14 bits per heavy atom. The van der Waals surface area contributed by atoms with Gasteiger partial charge in [-0.15, -0.1) is 0 Å². The van der Waals surface area contributed by atoms with Crippen molar-refractivity contribution in [3.8, 4) is 5.75 Å². The smallest absolute Gasteiger partial charge is 0.408 e. The van der Waals surface area contributed by atoms with Gasteiger partial charge in [-0.3, -0.25) is 4.79 Å². The Balaban J connectivity index is 1.57. The van der Waals surface area contributed by atoms with Crippen LogP contribution in [-0.2, 0) is 9.53 Å². The molecule has 1 aromatic rings. The number of nitrogens with one attached hydrogen (secondary N) is 1. The molecule has 2 aliphatic rings. The lowest BCUT2D eigenvalue weighted by molar-refractivity contribution is -0.156. The second-order valence-electron chi connectivity index (χ2n) is 5.46. The molecule has 6 nitrogen and oxygen atoms in total. The Kier molecular flexibility index (Phi) is 3.82. The molecule has 22 heavy (non-hydrogen) atoms. The number of hydrogen-bond acceptors (Lipinski definition) is 4. The van der Waals surface area contributed by atoms with Crippen molar-refractivity contribution < 1.29 is 19.1 Å². The summed E-state index contributed by atoms with van der Waals surface area (Å²) in [6.07, 6.45) is -1.10. The molecule has 1 atom stereocenters. The minimum Gasteiger partial charge on any atom is -0.481 e. The Labute approximate surface area is 137 Å². The summed E-state index contributed by atoms with van der Waals surface area (Å²) in [5, 5.41) is 3.39. The lowest BCUT2D eigenvalue weighted by Crippen LogP contribution is -2.66. The molecule has 2 fully saturated rings. The van der Waals surface area contributed by atoms with Gasteiger partial charge >= 0.3 is 6.09 Å². The molecule has 118 valence electrons. The molecule has 1 aromatic carbocycles. The van der Waals surface area contributed by atoms with Crippen LogP contribution in [0.25, 0.3) is 0 Å². The second kappa shape index (κ2) is 5.52. The number of nitrogens with zero attached hydrogens (tertiary/aromatic N) is 1. The molecule has 2 heterocycles. The molecule has 0 bridgehead atoms. The largest absolute Gasteiger partial charge is 0.481 e. The van der Waals surface area contributed by atoms with Crippen LogP contribution >= 0.6 is 23.2 Å². The number of halogens is 2. The Hall–Kier alpha value is -1.66. The van der Waals surface area contributed by atoms with Crippen molar-refractivity contribution in [3.05, 3.63) is 28.2 Å². The SMILES string of the molecule is CC(Oc1ccc(Cl)c(Cl)c1)C(=O)N1CC2(CNC(=O)O2)C1. The van der Waals surface area contributed by atoms with Crippen molar-refractivity contribution in [2.45, 2.75) is 18.6 Å². The summed E-state index contributed by atoms with van der Waals surface area (Å²) in [6.45, 7) is 2.84. The van der Waals surface area contributed by atoms with Crippen molar-refractivity contribution in [2.75, 3.05) is 19.6 Å². The molecule has 0 aromatic heterocycles. The summed E-state index contributed by atoms with van der Waals surface area (Å²) in [4.78, 5) is 25.0. The van der Waals surface area contributed by atoms with Crippen LogP contribution in [0.15, 0.2) is 18.2 Å². The Morgan fingerprint density at radius 3 is 2.73 bits per heavy atom. The highest BCUT2D eigenvalue weighted by Gasteiger charge is 2.52. The van der Waals surface area contributed by atoms with E-state index in [1.165, 1.54) is 0 Å². The quantitative estimate of drug-likeness (QED) is 0.911. The minimum atomic E-state index is -0.667. The summed E-state index contributed by atoms with van der Waals surface area (Å²) in [5.74, 6) is 0.305. The van der Waals surface area contributed by atoms with Gasteiger partial charge in [-0.2, -0.15) is 0 Å². The fraction of sp³-hybridized carbons (Fsp3) is 0.429. The molecule has 1 N–H and O–H groups in total. The van der Waals surface area contributed by atoms with E-state index in [9.17, 15) is 9.59 Å². The number of alkyl carbamates (subject to hydrolysis) is 1. The van der Waals surface area contributed by atoms with E-state index in [4.69, 9.17) is 32.7 Å². The number of rotatable bonds is 3. The maximum Gasteiger partial charge on any atom is 0.408 e. The van der Waals surface area contributed by atoms with Crippen LogP contribution in [0.1, 0.15) is 6.92 Å². The zero-order valence-electron chi connectivity index (χ0n) is 11.8. The van der Waals surface area contributed by atoms with E-state index in [1.807, 2.05) is 0 Å². The zero-order chi connectivity index (χ0) is 15.9. The molecule has 8 heteroatoms. The lowest BCUT2D eigenvalue weighted by atomic mass is 9.94. The third kappa shape index (κ3) is 2.80. The number of carbonyl (C=O) groups excluding carboxylic acids is 2. The number of benzene rings is 1. The van der Waals surface area contributed by atoms with Gasteiger partial charge in [0.05, 0.1) is 29.7 Å². The van der Waals surface area contributed by atoms with Crippen LogP contribution in [0.5, 0.6) is 5.75 Å². The summed E-state index contributed by atoms with van der Waals surface area (Å²) in [7, 11) is 0. The Bertz CT molecular complexity index is 631. The lowest BCUT2D eigenvalue weighted by Gasteiger charge is -2.45. The zero-order valence-corrected chi connectivity index (χ0v) is 13.3. The van der Waals surface area contributed by atoms with Crippen LogP contribution in [-0.4, -0.2) is 48.2 Å².